The first-order valence-electron chi connectivity index (χ1n) is 13.2. The van der Waals surface area contributed by atoms with E-state index < -0.39 is 12.0 Å². The Balaban J connectivity index is 3.48. The minimum Gasteiger partial charge on any atom is -0.469 e. The van der Waals surface area contributed by atoms with Gasteiger partial charge in [0.25, 0.3) is 0 Å². The molecule has 1 N–H and O–H groups in total. The lowest BCUT2D eigenvalue weighted by atomic mass is 9.85. The molecule has 3 heteroatoms. The summed E-state index contributed by atoms with van der Waals surface area (Å²) in [7, 11) is 1.38. The quantitative estimate of drug-likeness (QED) is 0.149. The summed E-state index contributed by atoms with van der Waals surface area (Å²) in [6, 6.07) is 0. The van der Waals surface area contributed by atoms with Gasteiger partial charge >= 0.3 is 5.97 Å². The Kier molecular flexibility index (Phi) is 20.0. The molecule has 0 fully saturated rings. The number of aliphatic hydroxyl groups excluding tert-OH is 1. The third-order valence-corrected chi connectivity index (χ3v) is 6.74. The summed E-state index contributed by atoms with van der Waals surface area (Å²) >= 11 is 0. The van der Waals surface area contributed by atoms with Gasteiger partial charge in [-0.2, -0.15) is 0 Å². The molecule has 0 rings (SSSR count). The summed E-state index contributed by atoms with van der Waals surface area (Å²) in [6.07, 6.45) is 22.6. The third-order valence-electron chi connectivity index (χ3n) is 6.74. The highest BCUT2D eigenvalue weighted by Crippen LogP contribution is 2.24. The number of ether oxygens (including phenoxy) is 1. The van der Waals surface area contributed by atoms with Gasteiger partial charge in [0, 0.05) is 0 Å². The average molecular weight is 427 g/mol. The number of rotatable bonds is 21. The molecule has 0 spiro atoms. The SMILES string of the molecule is CCCCCCCCCCCCCCCCC[C@@H](C)C[C@H](C)[C@@H](O)[C@@H](C)C(=O)OC. The van der Waals surface area contributed by atoms with E-state index in [9.17, 15) is 9.90 Å². The van der Waals surface area contributed by atoms with Crippen LogP contribution in [0.5, 0.6) is 0 Å². The molecular weight excluding hydrogens is 372 g/mol. The van der Waals surface area contributed by atoms with Crippen LogP contribution in [0, 0.1) is 17.8 Å². The molecule has 0 bridgehead atoms. The molecule has 0 unspecified atom stereocenters. The molecule has 3 nitrogen and oxygen atoms in total. The van der Waals surface area contributed by atoms with E-state index in [0.717, 1.165) is 6.42 Å². The van der Waals surface area contributed by atoms with E-state index in [1.807, 2.05) is 6.92 Å². The largest absolute Gasteiger partial charge is 0.469 e. The van der Waals surface area contributed by atoms with Gasteiger partial charge in [0.15, 0.2) is 0 Å². The van der Waals surface area contributed by atoms with Crippen molar-refractivity contribution in [2.24, 2.45) is 17.8 Å². The first-order valence-corrected chi connectivity index (χ1v) is 13.2. The van der Waals surface area contributed by atoms with Gasteiger partial charge in [-0.15, -0.1) is 0 Å². The highest BCUT2D eigenvalue weighted by Gasteiger charge is 2.28. The molecule has 0 aliphatic carbocycles. The number of methoxy groups -OCH3 is 1. The topological polar surface area (TPSA) is 46.5 Å². The zero-order chi connectivity index (χ0) is 22.6. The second-order valence-corrected chi connectivity index (χ2v) is 9.86. The van der Waals surface area contributed by atoms with Crippen LogP contribution in [0.25, 0.3) is 0 Å². The Morgan fingerprint density at radius 2 is 1.13 bits per heavy atom. The third kappa shape index (κ3) is 16.2. The molecule has 30 heavy (non-hydrogen) atoms. The average Bonchev–Trinajstić information content (AvgIpc) is 2.74. The smallest absolute Gasteiger partial charge is 0.311 e. The van der Waals surface area contributed by atoms with Crippen LogP contribution >= 0.6 is 0 Å². The van der Waals surface area contributed by atoms with E-state index in [-0.39, 0.29) is 11.9 Å². The highest BCUT2D eigenvalue weighted by molar-refractivity contribution is 5.72. The Labute approximate surface area is 188 Å². The minimum atomic E-state index is -0.610. The van der Waals surface area contributed by atoms with Crippen molar-refractivity contribution in [2.45, 2.75) is 143 Å². The van der Waals surface area contributed by atoms with Gasteiger partial charge in [-0.1, -0.05) is 124 Å². The van der Waals surface area contributed by atoms with Crippen LogP contribution in [-0.4, -0.2) is 24.3 Å². The molecule has 0 aromatic carbocycles. The van der Waals surface area contributed by atoms with Crippen molar-refractivity contribution in [3.63, 3.8) is 0 Å². The van der Waals surface area contributed by atoms with Gasteiger partial charge in [-0.3, -0.25) is 4.79 Å². The first kappa shape index (κ1) is 29.4. The van der Waals surface area contributed by atoms with Crippen LogP contribution in [0.4, 0.5) is 0 Å². The summed E-state index contributed by atoms with van der Waals surface area (Å²) in [4.78, 5) is 11.6. The molecule has 0 saturated carbocycles. The number of esters is 1. The normalized spacial score (nSPS) is 15.5. The van der Waals surface area contributed by atoms with Crippen molar-refractivity contribution in [3.05, 3.63) is 0 Å². The number of hydrogen-bond acceptors (Lipinski definition) is 3. The molecular formula is C27H54O3. The predicted octanol–water partition coefficient (Wildman–Crippen LogP) is 8.08. The molecule has 0 aliphatic rings. The van der Waals surface area contributed by atoms with Crippen LogP contribution in [0.1, 0.15) is 137 Å². The molecule has 0 amide bonds. The lowest BCUT2D eigenvalue weighted by molar-refractivity contribution is -0.150. The predicted molar refractivity (Wildman–Crippen MR) is 130 cm³/mol. The van der Waals surface area contributed by atoms with E-state index in [1.165, 1.54) is 110 Å². The minimum absolute atomic E-state index is 0.130. The molecule has 0 aliphatic heterocycles. The van der Waals surface area contributed by atoms with Gasteiger partial charge < -0.3 is 9.84 Å². The van der Waals surface area contributed by atoms with Crippen molar-refractivity contribution < 1.29 is 14.6 Å². The highest BCUT2D eigenvalue weighted by atomic mass is 16.5. The van der Waals surface area contributed by atoms with E-state index in [4.69, 9.17) is 4.74 Å². The van der Waals surface area contributed by atoms with Crippen molar-refractivity contribution in [2.75, 3.05) is 7.11 Å². The second-order valence-electron chi connectivity index (χ2n) is 9.86. The van der Waals surface area contributed by atoms with Gasteiger partial charge in [0.05, 0.1) is 19.1 Å². The molecule has 0 aromatic heterocycles. The summed E-state index contributed by atoms with van der Waals surface area (Å²) in [5, 5.41) is 10.3. The van der Waals surface area contributed by atoms with Crippen molar-refractivity contribution in [1.82, 2.24) is 0 Å². The second kappa shape index (κ2) is 20.3. The first-order chi connectivity index (χ1) is 14.4. The number of hydrogen-bond donors (Lipinski definition) is 1. The van der Waals surface area contributed by atoms with E-state index in [2.05, 4.69) is 13.8 Å². The lowest BCUT2D eigenvalue weighted by Gasteiger charge is -2.25. The lowest BCUT2D eigenvalue weighted by Crippen LogP contribution is -2.32. The van der Waals surface area contributed by atoms with Crippen LogP contribution in [0.15, 0.2) is 0 Å². The summed E-state index contributed by atoms with van der Waals surface area (Å²) in [6.45, 7) is 8.36. The zero-order valence-electron chi connectivity index (χ0n) is 21.1. The van der Waals surface area contributed by atoms with Gasteiger partial charge in [0.1, 0.15) is 0 Å². The van der Waals surface area contributed by atoms with Crippen LogP contribution in [0.2, 0.25) is 0 Å². The maximum absolute atomic E-state index is 11.6. The maximum atomic E-state index is 11.6. The van der Waals surface area contributed by atoms with Gasteiger partial charge in [-0.05, 0) is 25.2 Å². The Morgan fingerprint density at radius 3 is 1.53 bits per heavy atom. The fourth-order valence-electron chi connectivity index (χ4n) is 4.57. The molecule has 0 heterocycles. The van der Waals surface area contributed by atoms with E-state index in [0.29, 0.717) is 5.92 Å². The van der Waals surface area contributed by atoms with Crippen molar-refractivity contribution in [1.29, 1.82) is 0 Å². The van der Waals surface area contributed by atoms with Crippen molar-refractivity contribution >= 4 is 5.97 Å². The molecule has 0 aromatic rings. The molecule has 180 valence electrons. The monoisotopic (exact) mass is 426 g/mol. The standard InChI is InChI=1S/C27H54O3/c1-6-7-8-9-10-11-12-13-14-15-16-17-18-19-20-21-23(2)22-24(3)26(28)25(4)27(29)30-5/h23-26,28H,6-22H2,1-5H3/t23-,24+,25-,26-/m1/s1. The van der Waals surface area contributed by atoms with Crippen LogP contribution in [0.3, 0.4) is 0 Å². The number of carbonyl (C=O) groups is 1. The number of unbranched alkanes of at least 4 members (excludes halogenated alkanes) is 14. The molecule has 0 radical (unpaired) electrons. The van der Waals surface area contributed by atoms with Gasteiger partial charge in [0.2, 0.25) is 0 Å². The summed E-state index contributed by atoms with van der Waals surface area (Å²) < 4.78 is 4.75. The maximum Gasteiger partial charge on any atom is 0.311 e. The summed E-state index contributed by atoms with van der Waals surface area (Å²) in [5.74, 6) is -0.0284. The fraction of sp³-hybridized carbons (Fsp3) is 0.963. The molecule has 0 saturated heterocycles. The fourth-order valence-corrected chi connectivity index (χ4v) is 4.57. The Hall–Kier alpha value is -0.570. The Morgan fingerprint density at radius 1 is 0.733 bits per heavy atom. The van der Waals surface area contributed by atoms with E-state index >= 15 is 0 Å². The van der Waals surface area contributed by atoms with Crippen molar-refractivity contribution in [3.8, 4) is 0 Å². The van der Waals surface area contributed by atoms with Crippen LogP contribution in [-0.2, 0) is 9.53 Å². The summed E-state index contributed by atoms with van der Waals surface area (Å²) in [5.41, 5.74) is 0. The number of aliphatic hydroxyl groups is 1. The molecule has 4 atom stereocenters. The Bertz CT molecular complexity index is 382. The zero-order valence-corrected chi connectivity index (χ0v) is 21.1. The number of carbonyl (C=O) groups excluding carboxylic acids is 1. The van der Waals surface area contributed by atoms with Gasteiger partial charge in [-0.25, -0.2) is 0 Å². The van der Waals surface area contributed by atoms with Crippen LogP contribution < -0.4 is 0 Å². The van der Waals surface area contributed by atoms with E-state index in [1.54, 1.807) is 6.92 Å².